The molecule has 0 saturated heterocycles. The summed E-state index contributed by atoms with van der Waals surface area (Å²) in [4.78, 5) is 6.78. The summed E-state index contributed by atoms with van der Waals surface area (Å²) in [5.74, 6) is 0.643. The molecule has 1 aromatic heterocycles. The predicted octanol–water partition coefficient (Wildman–Crippen LogP) is 3.18. The molecule has 0 bridgehead atoms. The van der Waals surface area contributed by atoms with Crippen LogP contribution in [0.15, 0.2) is 36.5 Å². The smallest absolute Gasteiger partial charge is 0.0490 e. The van der Waals surface area contributed by atoms with Gasteiger partial charge in [0.15, 0.2) is 0 Å². The van der Waals surface area contributed by atoms with Gasteiger partial charge in [0.05, 0.1) is 0 Å². The monoisotopic (exact) mass is 267 g/mol. The van der Waals surface area contributed by atoms with Crippen LogP contribution in [0, 0.1) is 12.8 Å². The summed E-state index contributed by atoms with van der Waals surface area (Å²) < 4.78 is 0. The second-order valence-electron chi connectivity index (χ2n) is 5.71. The molecule has 3 nitrogen and oxygen atoms in total. The summed E-state index contributed by atoms with van der Waals surface area (Å²) in [6.45, 7) is 5.89. The summed E-state index contributed by atoms with van der Waals surface area (Å²) in [5.41, 5.74) is 12.0. The van der Waals surface area contributed by atoms with Crippen molar-refractivity contribution < 1.29 is 0 Å². The number of benzene rings is 1. The van der Waals surface area contributed by atoms with Crippen molar-refractivity contribution in [2.24, 2.45) is 11.7 Å². The molecule has 1 aliphatic heterocycles. The number of aryl methyl sites for hydroxylation is 1. The molecule has 0 radical (unpaired) electrons. The normalized spacial score (nSPS) is 17.9. The fourth-order valence-corrected chi connectivity index (χ4v) is 3.01. The highest BCUT2D eigenvalue weighted by atomic mass is 15.2. The fourth-order valence-electron chi connectivity index (χ4n) is 3.01. The average Bonchev–Trinajstić information content (AvgIpc) is 2.46. The molecule has 0 amide bonds. The predicted molar refractivity (Wildman–Crippen MR) is 83.2 cm³/mol. The van der Waals surface area contributed by atoms with Crippen molar-refractivity contribution in [2.75, 3.05) is 11.4 Å². The molecule has 0 spiro atoms. The molecule has 104 valence electrons. The lowest BCUT2D eigenvalue weighted by Crippen LogP contribution is -2.31. The Morgan fingerprint density at radius 2 is 2.10 bits per heavy atom. The highest BCUT2D eigenvalue weighted by Crippen LogP contribution is 2.36. The van der Waals surface area contributed by atoms with Gasteiger partial charge in [-0.05, 0) is 37.0 Å². The minimum absolute atomic E-state index is 0.523. The van der Waals surface area contributed by atoms with Gasteiger partial charge >= 0.3 is 0 Å². The number of anilines is 2. The van der Waals surface area contributed by atoms with Gasteiger partial charge in [0.25, 0.3) is 0 Å². The number of rotatable bonds is 2. The Kier molecular flexibility index (Phi) is 3.45. The van der Waals surface area contributed by atoms with E-state index in [0.29, 0.717) is 12.5 Å². The van der Waals surface area contributed by atoms with Crippen LogP contribution in [0.5, 0.6) is 0 Å². The first-order valence-corrected chi connectivity index (χ1v) is 7.20. The lowest BCUT2D eigenvalue weighted by Gasteiger charge is -2.36. The second kappa shape index (κ2) is 5.25. The molecule has 0 saturated carbocycles. The van der Waals surface area contributed by atoms with Crippen molar-refractivity contribution in [1.29, 1.82) is 0 Å². The lowest BCUT2D eigenvalue weighted by atomic mass is 9.93. The van der Waals surface area contributed by atoms with Crippen LogP contribution in [0.25, 0.3) is 0 Å². The molecule has 1 aliphatic rings. The summed E-state index contributed by atoms with van der Waals surface area (Å²) >= 11 is 0. The molecule has 2 heterocycles. The van der Waals surface area contributed by atoms with E-state index in [2.05, 4.69) is 47.1 Å². The number of hydrogen-bond donors (Lipinski definition) is 1. The summed E-state index contributed by atoms with van der Waals surface area (Å²) in [6, 6.07) is 10.8. The summed E-state index contributed by atoms with van der Waals surface area (Å²) in [7, 11) is 0. The molecule has 3 rings (SSSR count). The van der Waals surface area contributed by atoms with Crippen molar-refractivity contribution in [3.05, 3.63) is 53.3 Å². The highest BCUT2D eigenvalue weighted by Gasteiger charge is 2.24. The van der Waals surface area contributed by atoms with Gasteiger partial charge in [-0.3, -0.25) is 4.98 Å². The number of aromatic nitrogens is 1. The van der Waals surface area contributed by atoms with E-state index in [1.807, 2.05) is 13.1 Å². The van der Waals surface area contributed by atoms with E-state index < -0.39 is 0 Å². The van der Waals surface area contributed by atoms with Gasteiger partial charge in [0.1, 0.15) is 0 Å². The molecule has 1 aromatic carbocycles. The van der Waals surface area contributed by atoms with E-state index in [-0.39, 0.29) is 0 Å². The zero-order valence-electron chi connectivity index (χ0n) is 12.1. The molecule has 0 aliphatic carbocycles. The minimum atomic E-state index is 0.523. The molecule has 1 atom stereocenters. The second-order valence-corrected chi connectivity index (χ2v) is 5.71. The van der Waals surface area contributed by atoms with E-state index in [9.17, 15) is 0 Å². The average molecular weight is 267 g/mol. The molecule has 2 aromatic rings. The van der Waals surface area contributed by atoms with Gasteiger partial charge in [-0.25, -0.2) is 0 Å². The molecular weight excluding hydrogens is 246 g/mol. The first-order chi connectivity index (χ1) is 9.69. The van der Waals surface area contributed by atoms with Gasteiger partial charge in [-0.1, -0.05) is 25.1 Å². The standard InChI is InChI=1S/C17H21N3/c1-12-7-14-5-3-4-6-16(14)20(11-12)17-8-13(2)19-10-15(17)9-18/h3-6,8,10,12H,7,9,11,18H2,1-2H3. The third kappa shape index (κ3) is 2.29. The van der Waals surface area contributed by atoms with Gasteiger partial charge in [0, 0.05) is 41.9 Å². The lowest BCUT2D eigenvalue weighted by molar-refractivity contribution is 0.561. The van der Waals surface area contributed by atoms with E-state index >= 15 is 0 Å². The van der Waals surface area contributed by atoms with Gasteiger partial charge < -0.3 is 10.6 Å². The summed E-state index contributed by atoms with van der Waals surface area (Å²) in [6.07, 6.45) is 3.06. The van der Waals surface area contributed by atoms with Crippen molar-refractivity contribution in [1.82, 2.24) is 4.98 Å². The highest BCUT2D eigenvalue weighted by molar-refractivity contribution is 5.70. The van der Waals surface area contributed by atoms with E-state index in [0.717, 1.165) is 24.2 Å². The first-order valence-electron chi connectivity index (χ1n) is 7.20. The Balaban J connectivity index is 2.13. The number of fused-ring (bicyclic) bond motifs is 1. The van der Waals surface area contributed by atoms with Crippen LogP contribution in [0.2, 0.25) is 0 Å². The van der Waals surface area contributed by atoms with Crippen LogP contribution >= 0.6 is 0 Å². The minimum Gasteiger partial charge on any atom is -0.341 e. The quantitative estimate of drug-likeness (QED) is 0.908. The Bertz CT molecular complexity index is 621. The van der Waals surface area contributed by atoms with Crippen molar-refractivity contribution >= 4 is 11.4 Å². The Hall–Kier alpha value is -1.87. The van der Waals surface area contributed by atoms with Crippen LogP contribution in [0.4, 0.5) is 11.4 Å². The van der Waals surface area contributed by atoms with Crippen LogP contribution in [0.3, 0.4) is 0 Å². The molecule has 1 unspecified atom stereocenters. The van der Waals surface area contributed by atoms with Crippen LogP contribution in [-0.4, -0.2) is 11.5 Å². The third-order valence-electron chi connectivity index (χ3n) is 3.95. The van der Waals surface area contributed by atoms with Crippen LogP contribution in [0.1, 0.15) is 23.7 Å². The Labute approximate surface area is 120 Å². The van der Waals surface area contributed by atoms with Gasteiger partial charge in [0.2, 0.25) is 0 Å². The number of nitrogens with two attached hydrogens (primary N) is 1. The maximum absolute atomic E-state index is 5.90. The third-order valence-corrected chi connectivity index (χ3v) is 3.95. The van der Waals surface area contributed by atoms with E-state index in [1.54, 1.807) is 0 Å². The Morgan fingerprint density at radius 3 is 2.90 bits per heavy atom. The molecule has 0 fully saturated rings. The van der Waals surface area contributed by atoms with E-state index in [1.165, 1.54) is 16.9 Å². The zero-order valence-corrected chi connectivity index (χ0v) is 12.1. The maximum Gasteiger partial charge on any atom is 0.0490 e. The SMILES string of the molecule is Cc1cc(N2CC(C)Cc3ccccc32)c(CN)cn1. The maximum atomic E-state index is 5.90. The van der Waals surface area contributed by atoms with Gasteiger partial charge in [-0.2, -0.15) is 0 Å². The number of para-hydroxylation sites is 1. The van der Waals surface area contributed by atoms with Crippen molar-refractivity contribution in [2.45, 2.75) is 26.8 Å². The van der Waals surface area contributed by atoms with Crippen LogP contribution < -0.4 is 10.6 Å². The van der Waals surface area contributed by atoms with Crippen molar-refractivity contribution in [3.63, 3.8) is 0 Å². The summed E-state index contributed by atoms with van der Waals surface area (Å²) in [5, 5.41) is 0. The molecule has 3 heteroatoms. The van der Waals surface area contributed by atoms with Crippen LogP contribution in [-0.2, 0) is 13.0 Å². The molecule has 2 N–H and O–H groups in total. The number of hydrogen-bond acceptors (Lipinski definition) is 3. The topological polar surface area (TPSA) is 42.1 Å². The van der Waals surface area contributed by atoms with Gasteiger partial charge in [-0.15, -0.1) is 0 Å². The Morgan fingerprint density at radius 1 is 1.30 bits per heavy atom. The largest absolute Gasteiger partial charge is 0.341 e. The van der Waals surface area contributed by atoms with Crippen molar-refractivity contribution in [3.8, 4) is 0 Å². The molecular formula is C17H21N3. The number of pyridine rings is 1. The zero-order chi connectivity index (χ0) is 14.1. The first kappa shape index (κ1) is 13.1. The number of nitrogens with zero attached hydrogens (tertiary/aromatic N) is 2. The molecule has 20 heavy (non-hydrogen) atoms. The fraction of sp³-hybridized carbons (Fsp3) is 0.353. The van der Waals surface area contributed by atoms with E-state index in [4.69, 9.17) is 5.73 Å².